The molecule has 0 aromatic heterocycles. The van der Waals surface area contributed by atoms with Gasteiger partial charge in [-0.3, -0.25) is 0 Å². The lowest BCUT2D eigenvalue weighted by atomic mass is 10.5. The van der Waals surface area contributed by atoms with E-state index in [-0.39, 0.29) is 0 Å². The summed E-state index contributed by atoms with van der Waals surface area (Å²) < 4.78 is 47.5. The summed E-state index contributed by atoms with van der Waals surface area (Å²) in [5.41, 5.74) is 0. The van der Waals surface area contributed by atoms with Crippen molar-refractivity contribution in [3.63, 3.8) is 0 Å². The minimum atomic E-state index is -3.97. The third kappa shape index (κ3) is 3.39. The minimum absolute atomic E-state index is 1.74. The molecule has 1 atom stereocenters. The van der Waals surface area contributed by atoms with Crippen LogP contribution in [-0.2, 0) is 0 Å². The van der Waals surface area contributed by atoms with Crippen LogP contribution in [0.4, 0.5) is 17.6 Å². The van der Waals surface area contributed by atoms with Crippen molar-refractivity contribution in [1.29, 1.82) is 0 Å². The van der Waals surface area contributed by atoms with Crippen LogP contribution in [0, 0.1) is 0 Å². The standard InChI is InChI=1S/C3HBr2ClF4/c4-1(2(5,7)8)3(6,9)10/h1H. The lowest BCUT2D eigenvalue weighted by Gasteiger charge is -2.19. The van der Waals surface area contributed by atoms with Gasteiger partial charge < -0.3 is 0 Å². The average molecular weight is 308 g/mol. The summed E-state index contributed by atoms with van der Waals surface area (Å²) in [6, 6.07) is 0. The Balaban J connectivity index is 4.23. The number of rotatable bonds is 2. The van der Waals surface area contributed by atoms with Crippen LogP contribution < -0.4 is 0 Å². The molecular weight excluding hydrogens is 307 g/mol. The van der Waals surface area contributed by atoms with Crippen molar-refractivity contribution >= 4 is 43.5 Å². The zero-order valence-electron chi connectivity index (χ0n) is 4.22. The molecule has 0 bridgehead atoms. The zero-order valence-corrected chi connectivity index (χ0v) is 8.15. The Hall–Kier alpha value is 0.970. The summed E-state index contributed by atoms with van der Waals surface area (Å²) in [4.78, 5) is -6.12. The maximum Gasteiger partial charge on any atom is 0.340 e. The van der Waals surface area contributed by atoms with Gasteiger partial charge in [-0.05, 0) is 27.5 Å². The van der Waals surface area contributed by atoms with Crippen LogP contribution in [0.5, 0.6) is 0 Å². The number of halogens is 7. The number of hydrogen-bond donors (Lipinski definition) is 0. The van der Waals surface area contributed by atoms with E-state index in [1.807, 2.05) is 15.9 Å². The predicted molar refractivity (Wildman–Crippen MR) is 37.4 cm³/mol. The summed E-state index contributed by atoms with van der Waals surface area (Å²) in [7, 11) is 0. The van der Waals surface area contributed by atoms with Crippen molar-refractivity contribution in [3.8, 4) is 0 Å². The Morgan fingerprint density at radius 2 is 1.50 bits per heavy atom. The monoisotopic (exact) mass is 306 g/mol. The summed E-state index contributed by atoms with van der Waals surface area (Å²) in [5, 5.41) is -3.97. The molecule has 0 aliphatic rings. The molecule has 0 aromatic rings. The molecule has 0 spiro atoms. The highest BCUT2D eigenvalue weighted by molar-refractivity contribution is 9.12. The van der Waals surface area contributed by atoms with Gasteiger partial charge in [0.05, 0.1) is 0 Å². The van der Waals surface area contributed by atoms with Gasteiger partial charge in [0.2, 0.25) is 0 Å². The molecule has 0 aliphatic carbocycles. The van der Waals surface area contributed by atoms with Crippen molar-refractivity contribution < 1.29 is 17.6 Å². The van der Waals surface area contributed by atoms with Crippen LogP contribution >= 0.6 is 43.5 Å². The van der Waals surface area contributed by atoms with Crippen molar-refractivity contribution in [3.05, 3.63) is 0 Å². The zero-order chi connectivity index (χ0) is 8.58. The predicted octanol–water partition coefficient (Wildman–Crippen LogP) is 3.57. The molecule has 0 aliphatic heterocycles. The van der Waals surface area contributed by atoms with Crippen molar-refractivity contribution in [2.75, 3.05) is 0 Å². The quantitative estimate of drug-likeness (QED) is 0.540. The summed E-state index contributed by atoms with van der Waals surface area (Å²) >= 11 is 8.05. The molecule has 62 valence electrons. The van der Waals surface area contributed by atoms with E-state index < -0.39 is 15.0 Å². The van der Waals surface area contributed by atoms with Crippen LogP contribution in [0.25, 0.3) is 0 Å². The highest BCUT2D eigenvalue weighted by Crippen LogP contribution is 2.42. The molecule has 0 saturated heterocycles. The fraction of sp³-hybridized carbons (Fsp3) is 1.00. The van der Waals surface area contributed by atoms with Gasteiger partial charge in [-0.25, -0.2) is 0 Å². The highest BCUT2D eigenvalue weighted by atomic mass is 79.9. The Morgan fingerprint density at radius 1 is 1.20 bits per heavy atom. The van der Waals surface area contributed by atoms with E-state index in [0.717, 1.165) is 0 Å². The third-order valence-electron chi connectivity index (χ3n) is 0.575. The first-order valence-electron chi connectivity index (χ1n) is 1.93. The summed E-state index contributed by atoms with van der Waals surface area (Å²) in [6.07, 6.45) is 0. The molecule has 0 nitrogen and oxygen atoms in total. The smallest absolute Gasteiger partial charge is 0.192 e. The summed E-state index contributed by atoms with van der Waals surface area (Å²) in [6.45, 7) is 0. The molecule has 1 unspecified atom stereocenters. The van der Waals surface area contributed by atoms with E-state index in [1.54, 1.807) is 15.9 Å². The van der Waals surface area contributed by atoms with E-state index in [0.29, 0.717) is 0 Å². The molecule has 10 heavy (non-hydrogen) atoms. The second-order valence-corrected chi connectivity index (χ2v) is 3.92. The second kappa shape index (κ2) is 3.15. The molecule has 0 radical (unpaired) electrons. The maximum absolute atomic E-state index is 11.9. The molecule has 7 heteroatoms. The van der Waals surface area contributed by atoms with Gasteiger partial charge >= 0.3 is 10.2 Å². The molecule has 0 saturated carbocycles. The van der Waals surface area contributed by atoms with Gasteiger partial charge in [0.15, 0.2) is 4.83 Å². The normalized spacial score (nSPS) is 17.1. The van der Waals surface area contributed by atoms with E-state index >= 15 is 0 Å². The average Bonchev–Trinajstić information content (AvgIpc) is 1.59. The van der Waals surface area contributed by atoms with Gasteiger partial charge in [-0.15, -0.1) is 0 Å². The van der Waals surface area contributed by atoms with Gasteiger partial charge in [0.25, 0.3) is 0 Å². The number of hydrogen-bond acceptors (Lipinski definition) is 0. The van der Waals surface area contributed by atoms with Crippen LogP contribution in [0.3, 0.4) is 0 Å². The van der Waals surface area contributed by atoms with Crippen LogP contribution in [0.1, 0.15) is 0 Å². The molecule has 0 N–H and O–H groups in total. The first-order chi connectivity index (χ1) is 4.15. The molecule has 0 amide bonds. The van der Waals surface area contributed by atoms with Gasteiger partial charge in [0.1, 0.15) is 0 Å². The Morgan fingerprint density at radius 3 is 1.50 bits per heavy atom. The largest absolute Gasteiger partial charge is 0.340 e. The number of alkyl halides is 7. The topological polar surface area (TPSA) is 0 Å². The maximum atomic E-state index is 11.9. The molecular formula is C3HBr2ClF4. The SMILES string of the molecule is FC(F)(Cl)C(Br)C(F)(F)Br. The first-order valence-corrected chi connectivity index (χ1v) is 4.02. The molecule has 0 fully saturated rings. The van der Waals surface area contributed by atoms with Gasteiger partial charge in [-0.1, -0.05) is 15.9 Å². The van der Waals surface area contributed by atoms with E-state index in [2.05, 4.69) is 11.6 Å². The fourth-order valence-electron chi connectivity index (χ4n) is 0.186. The van der Waals surface area contributed by atoms with Crippen LogP contribution in [0.15, 0.2) is 0 Å². The Kier molecular flexibility index (Phi) is 3.45. The highest BCUT2D eigenvalue weighted by Gasteiger charge is 2.50. The first kappa shape index (κ1) is 11.0. The van der Waals surface area contributed by atoms with E-state index in [4.69, 9.17) is 0 Å². The second-order valence-electron chi connectivity index (χ2n) is 1.45. The Labute approximate surface area is 76.2 Å². The minimum Gasteiger partial charge on any atom is -0.192 e. The van der Waals surface area contributed by atoms with Crippen molar-refractivity contribution in [1.82, 2.24) is 0 Å². The lowest BCUT2D eigenvalue weighted by molar-refractivity contribution is 0.00866. The Bertz CT molecular complexity index is 103. The van der Waals surface area contributed by atoms with Crippen LogP contribution in [-0.4, -0.2) is 15.0 Å². The van der Waals surface area contributed by atoms with E-state index in [1.165, 1.54) is 0 Å². The van der Waals surface area contributed by atoms with Crippen molar-refractivity contribution in [2.24, 2.45) is 0 Å². The van der Waals surface area contributed by atoms with Gasteiger partial charge in [0, 0.05) is 0 Å². The van der Waals surface area contributed by atoms with E-state index in [9.17, 15) is 17.6 Å². The molecule has 0 rings (SSSR count). The summed E-state index contributed by atoms with van der Waals surface area (Å²) in [5.74, 6) is 0. The fourth-order valence-corrected chi connectivity index (χ4v) is 0.742. The van der Waals surface area contributed by atoms with Crippen LogP contribution in [0.2, 0.25) is 0 Å². The molecule has 0 aromatic carbocycles. The lowest BCUT2D eigenvalue weighted by Crippen LogP contribution is -2.34. The van der Waals surface area contributed by atoms with Gasteiger partial charge in [-0.2, -0.15) is 17.6 Å². The third-order valence-corrected chi connectivity index (χ3v) is 3.28. The molecule has 0 heterocycles. The van der Waals surface area contributed by atoms with Crippen molar-refractivity contribution in [2.45, 2.75) is 15.0 Å².